The molecule has 0 aromatic heterocycles. The quantitative estimate of drug-likeness (QED) is 0.677. The van der Waals surface area contributed by atoms with Gasteiger partial charge >= 0.3 is 0 Å². The molecule has 0 heterocycles. The fourth-order valence-corrected chi connectivity index (χ4v) is 4.01. The maximum atomic E-state index is 11.9. The highest BCUT2D eigenvalue weighted by atomic mass is 32.2. The van der Waals surface area contributed by atoms with E-state index in [9.17, 15) is 13.5 Å². The van der Waals surface area contributed by atoms with Crippen molar-refractivity contribution in [3.05, 3.63) is 12.2 Å². The molecular weight excluding hydrogens is 216 g/mol. The summed E-state index contributed by atoms with van der Waals surface area (Å²) in [6.45, 7) is 4.81. The normalized spacial score (nSPS) is 32.2. The van der Waals surface area contributed by atoms with Crippen LogP contribution in [-0.2, 0) is 9.84 Å². The average Bonchev–Trinajstić information content (AvgIpc) is 2.56. The predicted octanol–water partition coefficient (Wildman–Crippen LogP) is 0.111. The summed E-state index contributed by atoms with van der Waals surface area (Å²) >= 11 is 0. The zero-order chi connectivity index (χ0) is 11.7. The largest absolute Gasteiger partial charge is 0.396 e. The van der Waals surface area contributed by atoms with Crippen molar-refractivity contribution >= 4 is 9.84 Å². The molecule has 0 amide bonds. The van der Waals surface area contributed by atoms with E-state index in [4.69, 9.17) is 5.11 Å². The highest BCUT2D eigenvalue weighted by Crippen LogP contribution is 2.43. The molecule has 5 heteroatoms. The van der Waals surface area contributed by atoms with E-state index in [1.165, 1.54) is 0 Å². The molecule has 0 bridgehead atoms. The van der Waals surface area contributed by atoms with Gasteiger partial charge in [-0.2, -0.15) is 0 Å². The Morgan fingerprint density at radius 3 is 2.47 bits per heavy atom. The zero-order valence-corrected chi connectivity index (χ0v) is 9.76. The van der Waals surface area contributed by atoms with Crippen molar-refractivity contribution in [3.8, 4) is 0 Å². The van der Waals surface area contributed by atoms with Gasteiger partial charge in [0.05, 0.1) is 6.61 Å². The molecular formula is C10H18O4S. The molecule has 1 aliphatic carbocycles. The van der Waals surface area contributed by atoms with Crippen molar-refractivity contribution in [3.63, 3.8) is 0 Å². The molecule has 0 saturated heterocycles. The summed E-state index contributed by atoms with van der Waals surface area (Å²) in [5, 5.41) is 18.4. The molecule has 4 nitrogen and oxygen atoms in total. The van der Waals surface area contributed by atoms with Crippen molar-refractivity contribution < 1.29 is 18.6 Å². The van der Waals surface area contributed by atoms with Gasteiger partial charge in [0.15, 0.2) is 9.84 Å². The van der Waals surface area contributed by atoms with Crippen molar-refractivity contribution in [2.24, 2.45) is 5.92 Å². The maximum Gasteiger partial charge on any atom is 0.161 e. The molecule has 0 unspecified atom stereocenters. The molecule has 88 valence electrons. The van der Waals surface area contributed by atoms with Gasteiger partial charge in [0.2, 0.25) is 0 Å². The molecule has 15 heavy (non-hydrogen) atoms. The van der Waals surface area contributed by atoms with Gasteiger partial charge < -0.3 is 10.2 Å². The molecule has 0 radical (unpaired) electrons. The second-order valence-electron chi connectivity index (χ2n) is 4.12. The Morgan fingerprint density at radius 1 is 1.53 bits per heavy atom. The van der Waals surface area contributed by atoms with Crippen molar-refractivity contribution in [1.82, 2.24) is 0 Å². The topological polar surface area (TPSA) is 74.6 Å². The first-order valence-electron chi connectivity index (χ1n) is 5.05. The first kappa shape index (κ1) is 12.7. The van der Waals surface area contributed by atoms with Crippen molar-refractivity contribution in [2.45, 2.75) is 24.5 Å². The fourth-order valence-electron chi connectivity index (χ4n) is 2.24. The standard InChI is InChI=1S/C10H18O4S/c1-3-15(13,14)10(7-12)5-9(6-11)4-8(10)2/h9,11-12H,2-7H2,1H3/t9-,10+/m1/s1. The van der Waals surface area contributed by atoms with E-state index in [1.807, 2.05) is 0 Å². The Hall–Kier alpha value is -0.390. The second kappa shape index (κ2) is 4.23. The molecule has 0 aromatic rings. The van der Waals surface area contributed by atoms with E-state index in [1.54, 1.807) is 6.92 Å². The van der Waals surface area contributed by atoms with Crippen LogP contribution in [0.3, 0.4) is 0 Å². The lowest BCUT2D eigenvalue weighted by molar-refractivity contribution is 0.211. The molecule has 0 aliphatic heterocycles. The lowest BCUT2D eigenvalue weighted by Gasteiger charge is -2.27. The molecule has 2 N–H and O–H groups in total. The number of rotatable bonds is 4. The van der Waals surface area contributed by atoms with Gasteiger partial charge in [0.25, 0.3) is 0 Å². The minimum absolute atomic E-state index is 0.00920. The van der Waals surface area contributed by atoms with Gasteiger partial charge in [0.1, 0.15) is 4.75 Å². The second-order valence-corrected chi connectivity index (χ2v) is 6.70. The molecule has 0 spiro atoms. The van der Waals surface area contributed by atoms with E-state index in [-0.39, 0.29) is 24.7 Å². The Labute approximate surface area is 90.5 Å². The van der Waals surface area contributed by atoms with Gasteiger partial charge in [-0.25, -0.2) is 8.42 Å². The Bertz CT molecular complexity index is 346. The Kier molecular flexibility index (Phi) is 3.58. The highest BCUT2D eigenvalue weighted by Gasteiger charge is 2.50. The Morgan fingerprint density at radius 2 is 2.13 bits per heavy atom. The summed E-state index contributed by atoms with van der Waals surface area (Å²) in [5.41, 5.74) is 0.533. The number of aliphatic hydroxyl groups excluding tert-OH is 2. The van der Waals surface area contributed by atoms with E-state index in [0.29, 0.717) is 12.0 Å². The minimum atomic E-state index is -3.36. The van der Waals surface area contributed by atoms with Crippen LogP contribution in [0.15, 0.2) is 12.2 Å². The van der Waals surface area contributed by atoms with Gasteiger partial charge in [0, 0.05) is 12.4 Å². The molecule has 1 fully saturated rings. The smallest absolute Gasteiger partial charge is 0.161 e. The summed E-state index contributed by atoms with van der Waals surface area (Å²) in [6, 6.07) is 0. The van der Waals surface area contributed by atoms with Crippen molar-refractivity contribution in [1.29, 1.82) is 0 Å². The van der Waals surface area contributed by atoms with Crippen LogP contribution in [0.1, 0.15) is 19.8 Å². The third-order valence-corrected chi connectivity index (χ3v) is 5.82. The molecule has 2 atom stereocenters. The summed E-state index contributed by atoms with van der Waals surface area (Å²) in [7, 11) is -3.36. The van der Waals surface area contributed by atoms with Crippen LogP contribution in [-0.4, -0.2) is 42.3 Å². The lowest BCUT2D eigenvalue weighted by Crippen LogP contribution is -2.42. The van der Waals surface area contributed by atoms with Crippen LogP contribution in [0.4, 0.5) is 0 Å². The van der Waals surface area contributed by atoms with Crippen LogP contribution in [0.5, 0.6) is 0 Å². The van der Waals surface area contributed by atoms with Gasteiger partial charge in [-0.15, -0.1) is 0 Å². The third kappa shape index (κ3) is 1.84. The fraction of sp³-hybridized carbons (Fsp3) is 0.800. The predicted molar refractivity (Wildman–Crippen MR) is 58.2 cm³/mol. The maximum absolute atomic E-state index is 11.9. The number of sulfone groups is 1. The molecule has 0 aromatic carbocycles. The van der Waals surface area contributed by atoms with Crippen LogP contribution < -0.4 is 0 Å². The molecule has 1 saturated carbocycles. The third-order valence-electron chi connectivity index (χ3n) is 3.29. The van der Waals surface area contributed by atoms with E-state index in [0.717, 1.165) is 0 Å². The van der Waals surface area contributed by atoms with E-state index in [2.05, 4.69) is 6.58 Å². The monoisotopic (exact) mass is 234 g/mol. The van der Waals surface area contributed by atoms with Crippen LogP contribution in [0.2, 0.25) is 0 Å². The van der Waals surface area contributed by atoms with Crippen LogP contribution in [0.25, 0.3) is 0 Å². The van der Waals surface area contributed by atoms with Crippen molar-refractivity contribution in [2.75, 3.05) is 19.0 Å². The number of aliphatic hydroxyl groups is 2. The summed E-state index contributed by atoms with van der Waals surface area (Å²) in [5.74, 6) is -0.101. The summed E-state index contributed by atoms with van der Waals surface area (Å²) < 4.78 is 22.6. The van der Waals surface area contributed by atoms with Gasteiger partial charge in [-0.1, -0.05) is 19.1 Å². The summed E-state index contributed by atoms with van der Waals surface area (Å²) in [4.78, 5) is 0. The van der Waals surface area contributed by atoms with Gasteiger partial charge in [-0.05, 0) is 18.8 Å². The first-order valence-corrected chi connectivity index (χ1v) is 6.71. The van der Waals surface area contributed by atoms with Crippen LogP contribution in [0, 0.1) is 5.92 Å². The lowest BCUT2D eigenvalue weighted by atomic mass is 10.0. The van der Waals surface area contributed by atoms with Gasteiger partial charge in [-0.3, -0.25) is 0 Å². The minimum Gasteiger partial charge on any atom is -0.396 e. The number of hydrogen-bond donors (Lipinski definition) is 2. The van der Waals surface area contributed by atoms with Crippen LogP contribution >= 0.6 is 0 Å². The molecule has 1 rings (SSSR count). The molecule has 1 aliphatic rings. The number of hydrogen-bond acceptors (Lipinski definition) is 4. The summed E-state index contributed by atoms with van der Waals surface area (Å²) in [6.07, 6.45) is 0.769. The average molecular weight is 234 g/mol. The Balaban J connectivity index is 3.12. The first-order chi connectivity index (χ1) is 6.93. The zero-order valence-electron chi connectivity index (χ0n) is 8.94. The SMILES string of the molecule is C=C1C[C@@H](CO)C[C@@]1(CO)S(=O)(=O)CC. The highest BCUT2D eigenvalue weighted by molar-refractivity contribution is 7.93. The van der Waals surface area contributed by atoms with E-state index >= 15 is 0 Å². The van der Waals surface area contributed by atoms with E-state index < -0.39 is 21.2 Å².